The van der Waals surface area contributed by atoms with Crippen molar-refractivity contribution in [2.24, 2.45) is 17.8 Å². The van der Waals surface area contributed by atoms with E-state index in [1.165, 1.54) is 19.3 Å². The summed E-state index contributed by atoms with van der Waals surface area (Å²) in [6.45, 7) is 4.91. The molecule has 150 valence electrons. The zero-order valence-corrected chi connectivity index (χ0v) is 16.8. The van der Waals surface area contributed by atoms with Crippen LogP contribution in [0.5, 0.6) is 0 Å². The fourth-order valence-electron chi connectivity index (χ4n) is 5.52. The Morgan fingerprint density at radius 3 is 2.08 bits per heavy atom. The highest BCUT2D eigenvalue weighted by Crippen LogP contribution is 2.55. The molecule has 4 rings (SSSR count). The molecule has 0 unspecified atom stereocenters. The van der Waals surface area contributed by atoms with Crippen molar-refractivity contribution in [3.05, 3.63) is 0 Å². The van der Waals surface area contributed by atoms with E-state index < -0.39 is 0 Å². The van der Waals surface area contributed by atoms with Crippen LogP contribution in [0.4, 0.5) is 4.79 Å². The molecule has 4 bridgehead atoms. The van der Waals surface area contributed by atoms with Gasteiger partial charge in [-0.15, -0.1) is 12.4 Å². The van der Waals surface area contributed by atoms with Gasteiger partial charge in [-0.1, -0.05) is 6.92 Å². The Labute approximate surface area is 163 Å². The predicted molar refractivity (Wildman–Crippen MR) is 105 cm³/mol. The quantitative estimate of drug-likeness (QED) is 0.458. The van der Waals surface area contributed by atoms with Crippen molar-refractivity contribution < 1.29 is 9.59 Å². The lowest BCUT2D eigenvalue weighted by Gasteiger charge is -2.56. The highest BCUT2D eigenvalue weighted by molar-refractivity contribution is 5.85. The van der Waals surface area contributed by atoms with Crippen molar-refractivity contribution in [3.63, 3.8) is 0 Å². The van der Waals surface area contributed by atoms with Crippen molar-refractivity contribution in [2.45, 2.75) is 63.8 Å². The number of urea groups is 1. The molecule has 7 heteroatoms. The Morgan fingerprint density at radius 1 is 0.885 bits per heavy atom. The van der Waals surface area contributed by atoms with E-state index >= 15 is 0 Å². The molecule has 4 aliphatic rings. The van der Waals surface area contributed by atoms with Crippen molar-refractivity contribution in [1.82, 2.24) is 21.3 Å². The number of carbonyl (C=O) groups excluding carboxylic acids is 2. The van der Waals surface area contributed by atoms with Gasteiger partial charge in [0.25, 0.3) is 0 Å². The standard InChI is InChI=1S/C19H34N4O2.ClH/c1-2-4-20-6-7-21-17(24)3-5-22-18(25)23-19-11-14-8-15(12-19)10-16(9-14)13-19;/h14-16,20H,2-13H2,1H3,(H,21,24)(H2,22,23,25);1H. The van der Waals surface area contributed by atoms with Gasteiger partial charge in [-0.05, 0) is 69.2 Å². The van der Waals surface area contributed by atoms with Gasteiger partial charge in [-0.2, -0.15) is 0 Å². The molecule has 26 heavy (non-hydrogen) atoms. The van der Waals surface area contributed by atoms with E-state index in [1.54, 1.807) is 0 Å². The fraction of sp³-hybridized carbons (Fsp3) is 0.895. The summed E-state index contributed by atoms with van der Waals surface area (Å²) < 4.78 is 0. The SMILES string of the molecule is CCCNCCNC(=O)CCNC(=O)NC12CC3CC(CC(C3)C1)C2.Cl. The van der Waals surface area contributed by atoms with Crippen LogP contribution in [0.1, 0.15) is 58.3 Å². The first-order valence-corrected chi connectivity index (χ1v) is 10.1. The van der Waals surface area contributed by atoms with E-state index in [0.717, 1.165) is 56.5 Å². The molecule has 0 heterocycles. The zero-order chi connectivity index (χ0) is 17.7. The predicted octanol–water partition coefficient (Wildman–Crippen LogP) is 2.18. The Balaban J connectivity index is 0.00000243. The molecule has 0 radical (unpaired) electrons. The zero-order valence-electron chi connectivity index (χ0n) is 15.9. The summed E-state index contributed by atoms with van der Waals surface area (Å²) >= 11 is 0. The molecule has 4 aliphatic carbocycles. The summed E-state index contributed by atoms with van der Waals surface area (Å²) in [4.78, 5) is 24.0. The molecule has 4 saturated carbocycles. The van der Waals surface area contributed by atoms with Crippen LogP contribution < -0.4 is 21.3 Å². The third kappa shape index (κ3) is 5.74. The van der Waals surface area contributed by atoms with Gasteiger partial charge in [0.1, 0.15) is 0 Å². The van der Waals surface area contributed by atoms with Gasteiger partial charge in [0, 0.05) is 31.6 Å². The van der Waals surface area contributed by atoms with Gasteiger partial charge in [-0.3, -0.25) is 4.79 Å². The van der Waals surface area contributed by atoms with Crippen LogP contribution in [-0.4, -0.2) is 43.7 Å². The lowest BCUT2D eigenvalue weighted by Crippen LogP contribution is -2.61. The van der Waals surface area contributed by atoms with Gasteiger partial charge in [0.05, 0.1) is 0 Å². The number of hydrogen-bond donors (Lipinski definition) is 4. The molecule has 6 nitrogen and oxygen atoms in total. The summed E-state index contributed by atoms with van der Waals surface area (Å²) in [7, 11) is 0. The average molecular weight is 387 g/mol. The smallest absolute Gasteiger partial charge is 0.315 e. The number of halogens is 1. The summed E-state index contributed by atoms with van der Waals surface area (Å²) in [6.07, 6.45) is 8.99. The number of hydrogen-bond acceptors (Lipinski definition) is 3. The van der Waals surface area contributed by atoms with Crippen LogP contribution in [0.15, 0.2) is 0 Å². The molecule has 0 aromatic rings. The maximum Gasteiger partial charge on any atom is 0.315 e. The third-order valence-corrected chi connectivity index (χ3v) is 6.11. The van der Waals surface area contributed by atoms with E-state index in [4.69, 9.17) is 0 Å². The minimum absolute atomic E-state index is 0. The highest BCUT2D eigenvalue weighted by atomic mass is 35.5. The second-order valence-corrected chi connectivity index (χ2v) is 8.43. The van der Waals surface area contributed by atoms with E-state index in [2.05, 4.69) is 28.2 Å². The highest BCUT2D eigenvalue weighted by Gasteiger charge is 2.51. The topological polar surface area (TPSA) is 82.3 Å². The minimum atomic E-state index is -0.0978. The lowest BCUT2D eigenvalue weighted by molar-refractivity contribution is -0.120. The molecule has 4 fully saturated rings. The van der Waals surface area contributed by atoms with E-state index in [1.807, 2.05) is 0 Å². The number of rotatable bonds is 9. The summed E-state index contributed by atoms with van der Waals surface area (Å²) in [5.74, 6) is 2.45. The van der Waals surface area contributed by atoms with Gasteiger partial charge >= 0.3 is 6.03 Å². The Hall–Kier alpha value is -1.01. The average Bonchev–Trinajstić information content (AvgIpc) is 2.52. The van der Waals surface area contributed by atoms with Crippen LogP contribution in [0.3, 0.4) is 0 Å². The van der Waals surface area contributed by atoms with E-state index in [0.29, 0.717) is 19.5 Å². The first-order valence-electron chi connectivity index (χ1n) is 10.1. The van der Waals surface area contributed by atoms with Crippen molar-refractivity contribution in [3.8, 4) is 0 Å². The van der Waals surface area contributed by atoms with Crippen LogP contribution >= 0.6 is 12.4 Å². The molecule has 0 aliphatic heterocycles. The second-order valence-electron chi connectivity index (χ2n) is 8.43. The Bertz CT molecular complexity index is 451. The first-order chi connectivity index (χ1) is 12.1. The molecular formula is C19H35ClN4O2. The molecule has 3 amide bonds. The second kappa shape index (κ2) is 9.79. The molecule has 0 saturated heterocycles. The van der Waals surface area contributed by atoms with Crippen LogP contribution in [0, 0.1) is 17.8 Å². The van der Waals surface area contributed by atoms with Gasteiger partial charge < -0.3 is 21.3 Å². The van der Waals surface area contributed by atoms with Gasteiger partial charge in [-0.25, -0.2) is 4.79 Å². The summed E-state index contributed by atoms with van der Waals surface area (Å²) in [5, 5.41) is 12.3. The van der Waals surface area contributed by atoms with Gasteiger partial charge in [0.2, 0.25) is 5.91 Å². The van der Waals surface area contributed by atoms with Crippen molar-refractivity contribution >= 4 is 24.3 Å². The molecule has 0 aromatic heterocycles. The molecular weight excluding hydrogens is 352 g/mol. The lowest BCUT2D eigenvalue weighted by atomic mass is 9.53. The van der Waals surface area contributed by atoms with E-state index in [9.17, 15) is 9.59 Å². The maximum atomic E-state index is 12.3. The number of amides is 3. The normalized spacial score (nSPS) is 31.2. The van der Waals surface area contributed by atoms with Crippen molar-refractivity contribution in [2.75, 3.05) is 26.2 Å². The van der Waals surface area contributed by atoms with E-state index in [-0.39, 0.29) is 29.9 Å². The first kappa shape index (κ1) is 21.3. The summed E-state index contributed by atoms with van der Waals surface area (Å²) in [6, 6.07) is -0.0978. The number of nitrogens with one attached hydrogen (secondary N) is 4. The largest absolute Gasteiger partial charge is 0.355 e. The van der Waals surface area contributed by atoms with Crippen LogP contribution in [0.25, 0.3) is 0 Å². The Kier molecular flexibility index (Phi) is 8.02. The van der Waals surface area contributed by atoms with Gasteiger partial charge in [0.15, 0.2) is 0 Å². The maximum absolute atomic E-state index is 12.3. The number of carbonyl (C=O) groups is 2. The molecule has 0 atom stereocenters. The molecule has 4 N–H and O–H groups in total. The fourth-order valence-corrected chi connectivity index (χ4v) is 5.52. The molecule has 0 aromatic carbocycles. The minimum Gasteiger partial charge on any atom is -0.355 e. The third-order valence-electron chi connectivity index (χ3n) is 6.11. The van der Waals surface area contributed by atoms with Crippen LogP contribution in [0.2, 0.25) is 0 Å². The van der Waals surface area contributed by atoms with Crippen molar-refractivity contribution in [1.29, 1.82) is 0 Å². The van der Waals surface area contributed by atoms with Crippen LogP contribution in [-0.2, 0) is 4.79 Å². The summed E-state index contributed by atoms with van der Waals surface area (Å²) in [5.41, 5.74) is 0.0338. The Morgan fingerprint density at radius 2 is 1.50 bits per heavy atom. The monoisotopic (exact) mass is 386 g/mol. The molecule has 0 spiro atoms.